The SMILES string of the molecule is CN1C(c2ccc(-c3ccccc3)n2CC2CC2)=NC=C(C(=O)N2CCC[C@@H](N)C2)c2ccccc21. The van der Waals surface area contributed by atoms with Crippen LogP contribution in [-0.2, 0) is 11.3 Å². The molecule has 0 bridgehead atoms. The van der Waals surface area contributed by atoms with Gasteiger partial charge in [-0.3, -0.25) is 4.79 Å². The first-order chi connectivity index (χ1) is 17.6. The quantitative estimate of drug-likeness (QED) is 0.574. The zero-order valence-corrected chi connectivity index (χ0v) is 20.8. The van der Waals surface area contributed by atoms with Crippen LogP contribution in [0.25, 0.3) is 16.8 Å². The summed E-state index contributed by atoms with van der Waals surface area (Å²) in [6.45, 7) is 2.31. The zero-order chi connectivity index (χ0) is 24.6. The van der Waals surface area contributed by atoms with E-state index in [1.807, 2.05) is 30.1 Å². The molecule has 2 aliphatic heterocycles. The summed E-state index contributed by atoms with van der Waals surface area (Å²) >= 11 is 0. The highest BCUT2D eigenvalue weighted by Gasteiger charge is 2.30. The lowest BCUT2D eigenvalue weighted by Gasteiger charge is -2.31. The third-order valence-corrected chi connectivity index (χ3v) is 7.58. The number of hydrogen-bond donors (Lipinski definition) is 1. The molecule has 1 aliphatic carbocycles. The van der Waals surface area contributed by atoms with E-state index in [-0.39, 0.29) is 11.9 Å². The van der Waals surface area contributed by atoms with E-state index in [1.165, 1.54) is 24.1 Å². The Balaban J connectivity index is 1.45. The maximum atomic E-state index is 13.7. The molecule has 184 valence electrons. The summed E-state index contributed by atoms with van der Waals surface area (Å²) in [5.74, 6) is 1.57. The first-order valence-corrected chi connectivity index (χ1v) is 13.0. The topological polar surface area (TPSA) is 66.9 Å². The minimum atomic E-state index is 0.00865. The Morgan fingerprint density at radius 3 is 2.50 bits per heavy atom. The van der Waals surface area contributed by atoms with Gasteiger partial charge in [-0.1, -0.05) is 48.5 Å². The molecule has 0 unspecified atom stereocenters. The number of fused-ring (bicyclic) bond motifs is 1. The molecule has 1 atom stereocenters. The molecule has 1 aromatic heterocycles. The maximum absolute atomic E-state index is 13.7. The van der Waals surface area contributed by atoms with E-state index in [0.717, 1.165) is 48.7 Å². The van der Waals surface area contributed by atoms with Crippen LogP contribution in [0.4, 0.5) is 5.69 Å². The van der Waals surface area contributed by atoms with Crippen LogP contribution in [-0.4, -0.2) is 47.4 Å². The molecule has 3 heterocycles. The summed E-state index contributed by atoms with van der Waals surface area (Å²) in [4.78, 5) is 22.7. The van der Waals surface area contributed by atoms with Crippen LogP contribution >= 0.6 is 0 Å². The van der Waals surface area contributed by atoms with Crippen LogP contribution in [0, 0.1) is 5.92 Å². The van der Waals surface area contributed by atoms with E-state index < -0.39 is 0 Å². The molecule has 3 aliphatic rings. The Bertz CT molecular complexity index is 1330. The Morgan fingerprint density at radius 1 is 0.972 bits per heavy atom. The van der Waals surface area contributed by atoms with Crippen molar-refractivity contribution in [3.8, 4) is 11.3 Å². The lowest BCUT2D eigenvalue weighted by molar-refractivity contribution is -0.126. The molecule has 1 saturated heterocycles. The second kappa shape index (κ2) is 9.43. The highest BCUT2D eigenvalue weighted by molar-refractivity contribution is 6.24. The number of amides is 1. The van der Waals surface area contributed by atoms with Crippen molar-refractivity contribution < 1.29 is 4.79 Å². The average Bonchev–Trinajstić information content (AvgIpc) is 3.66. The maximum Gasteiger partial charge on any atom is 0.256 e. The second-order valence-electron chi connectivity index (χ2n) is 10.2. The molecule has 2 fully saturated rings. The number of amidine groups is 1. The molecule has 0 radical (unpaired) electrons. The molecule has 0 spiro atoms. The average molecular weight is 480 g/mol. The highest BCUT2D eigenvalue weighted by Crippen LogP contribution is 2.36. The van der Waals surface area contributed by atoms with Crippen LogP contribution in [0.3, 0.4) is 0 Å². The summed E-state index contributed by atoms with van der Waals surface area (Å²) in [6, 6.07) is 23.1. The van der Waals surface area contributed by atoms with Gasteiger partial charge in [0.15, 0.2) is 5.84 Å². The molecule has 6 heteroatoms. The van der Waals surface area contributed by atoms with Crippen molar-refractivity contribution in [3.05, 3.63) is 84.2 Å². The van der Waals surface area contributed by atoms with Gasteiger partial charge in [-0.2, -0.15) is 0 Å². The summed E-state index contributed by atoms with van der Waals surface area (Å²) in [5.41, 5.74) is 12.2. The molecule has 6 nitrogen and oxygen atoms in total. The van der Waals surface area contributed by atoms with Gasteiger partial charge in [0.1, 0.15) is 0 Å². The fraction of sp³-hybridized carbons (Fsp3) is 0.333. The number of carbonyl (C=O) groups is 1. The van der Waals surface area contributed by atoms with Crippen molar-refractivity contribution in [3.63, 3.8) is 0 Å². The first kappa shape index (κ1) is 22.8. The van der Waals surface area contributed by atoms with E-state index in [2.05, 4.69) is 58.0 Å². The number of aliphatic imine (C=N–C) groups is 1. The number of aromatic nitrogens is 1. The number of benzene rings is 2. The van der Waals surface area contributed by atoms with Gasteiger partial charge in [-0.15, -0.1) is 0 Å². The second-order valence-corrected chi connectivity index (χ2v) is 10.2. The highest BCUT2D eigenvalue weighted by atomic mass is 16.2. The predicted molar refractivity (Wildman–Crippen MR) is 146 cm³/mol. The number of nitrogens with zero attached hydrogens (tertiary/aromatic N) is 4. The van der Waals surface area contributed by atoms with Crippen LogP contribution in [0.1, 0.15) is 36.9 Å². The largest absolute Gasteiger partial charge is 0.338 e. The number of nitrogens with two attached hydrogens (primary N) is 1. The zero-order valence-electron chi connectivity index (χ0n) is 20.8. The van der Waals surface area contributed by atoms with E-state index >= 15 is 0 Å². The van der Waals surface area contributed by atoms with Crippen LogP contribution in [0.2, 0.25) is 0 Å². The lowest BCUT2D eigenvalue weighted by atomic mass is 10.0. The fourth-order valence-corrected chi connectivity index (χ4v) is 5.44. The third-order valence-electron chi connectivity index (χ3n) is 7.58. The fourth-order valence-electron chi connectivity index (χ4n) is 5.44. The number of hydrogen-bond acceptors (Lipinski definition) is 4. The van der Waals surface area contributed by atoms with Crippen molar-refractivity contribution in [1.82, 2.24) is 9.47 Å². The molecule has 2 aromatic carbocycles. The van der Waals surface area contributed by atoms with Crippen LogP contribution in [0.15, 0.2) is 77.9 Å². The van der Waals surface area contributed by atoms with Gasteiger partial charge in [0.25, 0.3) is 5.91 Å². The minimum Gasteiger partial charge on any atom is -0.338 e. The van der Waals surface area contributed by atoms with Crippen molar-refractivity contribution in [2.45, 2.75) is 38.3 Å². The van der Waals surface area contributed by atoms with Crippen molar-refractivity contribution in [1.29, 1.82) is 0 Å². The van der Waals surface area contributed by atoms with Crippen molar-refractivity contribution in [2.75, 3.05) is 25.0 Å². The van der Waals surface area contributed by atoms with Crippen molar-refractivity contribution >= 4 is 23.0 Å². The van der Waals surface area contributed by atoms with Crippen molar-refractivity contribution in [2.24, 2.45) is 16.6 Å². The lowest BCUT2D eigenvalue weighted by Crippen LogP contribution is -2.46. The van der Waals surface area contributed by atoms with Gasteiger partial charge in [0, 0.05) is 50.2 Å². The Hall–Kier alpha value is -3.64. The van der Waals surface area contributed by atoms with Gasteiger partial charge >= 0.3 is 0 Å². The number of likely N-dealkylation sites (tertiary alicyclic amines) is 1. The summed E-state index contributed by atoms with van der Waals surface area (Å²) in [5, 5.41) is 0. The Morgan fingerprint density at radius 2 is 1.72 bits per heavy atom. The monoisotopic (exact) mass is 479 g/mol. The molecule has 36 heavy (non-hydrogen) atoms. The number of rotatable bonds is 5. The van der Waals surface area contributed by atoms with Crippen LogP contribution < -0.4 is 10.6 Å². The van der Waals surface area contributed by atoms with Gasteiger partial charge in [-0.25, -0.2) is 4.99 Å². The smallest absolute Gasteiger partial charge is 0.256 e. The summed E-state index contributed by atoms with van der Waals surface area (Å²) < 4.78 is 2.41. The first-order valence-electron chi connectivity index (χ1n) is 13.0. The Kier molecular flexibility index (Phi) is 5.97. The number of piperidine rings is 1. The molecule has 1 saturated carbocycles. The van der Waals surface area contributed by atoms with E-state index in [0.29, 0.717) is 18.0 Å². The number of anilines is 1. The summed E-state index contributed by atoms with van der Waals surface area (Å²) in [7, 11) is 2.05. The van der Waals surface area contributed by atoms with Gasteiger partial charge in [-0.05, 0) is 55.4 Å². The van der Waals surface area contributed by atoms with E-state index in [1.54, 1.807) is 6.20 Å². The molecule has 6 rings (SSSR count). The predicted octanol–water partition coefficient (Wildman–Crippen LogP) is 4.75. The normalized spacial score (nSPS) is 19.9. The number of para-hydroxylation sites is 1. The van der Waals surface area contributed by atoms with Gasteiger partial charge in [0.05, 0.1) is 17.0 Å². The minimum absolute atomic E-state index is 0.00865. The standard InChI is InChI=1S/C30H33N5O/c1-33-27-12-6-5-11-24(27)25(30(36)34-17-7-10-23(31)20-34)18-32-29(33)28-16-15-26(22-8-3-2-4-9-22)35(28)19-21-13-14-21/h2-6,8-9,11-12,15-16,18,21,23H,7,10,13-14,17,19-20,31H2,1H3/t23-/m1/s1. The van der Waals surface area contributed by atoms with Gasteiger partial charge in [0.2, 0.25) is 0 Å². The molecule has 1 amide bonds. The van der Waals surface area contributed by atoms with Gasteiger partial charge < -0.3 is 20.1 Å². The summed E-state index contributed by atoms with van der Waals surface area (Å²) in [6.07, 6.45) is 6.22. The molecule has 3 aromatic rings. The molecular weight excluding hydrogens is 446 g/mol. The Labute approximate surface area is 212 Å². The van der Waals surface area contributed by atoms with Crippen LogP contribution in [0.5, 0.6) is 0 Å². The molecular formula is C30H33N5O. The third kappa shape index (κ3) is 4.26. The molecule has 2 N–H and O–H groups in total. The number of carbonyl (C=O) groups excluding carboxylic acids is 1. The van der Waals surface area contributed by atoms with E-state index in [4.69, 9.17) is 10.7 Å². The van der Waals surface area contributed by atoms with E-state index in [9.17, 15) is 4.79 Å².